The van der Waals surface area contributed by atoms with E-state index in [2.05, 4.69) is 29.1 Å². The van der Waals surface area contributed by atoms with Gasteiger partial charge in [0.1, 0.15) is 0 Å². The van der Waals surface area contributed by atoms with Gasteiger partial charge >= 0.3 is 0 Å². The van der Waals surface area contributed by atoms with Gasteiger partial charge in [0.05, 0.1) is 0 Å². The molecule has 1 fully saturated rings. The Hall–Kier alpha value is -0.720. The van der Waals surface area contributed by atoms with Gasteiger partial charge in [0.25, 0.3) is 5.91 Å². The first-order valence-electron chi connectivity index (χ1n) is 7.12. The van der Waals surface area contributed by atoms with Crippen LogP contribution in [0.2, 0.25) is 0 Å². The molecule has 0 aliphatic carbocycles. The number of nitrogens with two attached hydrogens (primary N) is 1. The molecule has 1 saturated heterocycles. The quantitative estimate of drug-likeness (QED) is 0.777. The number of benzene rings is 1. The molecule has 1 atom stereocenters. The van der Waals surface area contributed by atoms with E-state index in [4.69, 9.17) is 5.73 Å². The highest BCUT2D eigenvalue weighted by molar-refractivity contribution is 5.95. The highest BCUT2D eigenvalue weighted by Gasteiger charge is 2.19. The number of hydrogen-bond acceptors (Lipinski definition) is 4. The number of nitrogens with zero attached hydrogens (tertiary/aromatic N) is 2. The van der Waals surface area contributed by atoms with Gasteiger partial charge in [-0.15, -0.1) is 37.2 Å². The third-order valence-corrected chi connectivity index (χ3v) is 3.87. The van der Waals surface area contributed by atoms with Crippen LogP contribution in [0.15, 0.2) is 24.3 Å². The summed E-state index contributed by atoms with van der Waals surface area (Å²) in [6.45, 7) is 7.13. The zero-order chi connectivity index (χ0) is 14.5. The molecule has 1 heterocycles. The van der Waals surface area contributed by atoms with E-state index >= 15 is 0 Å². The second-order valence-electron chi connectivity index (χ2n) is 5.52. The van der Waals surface area contributed by atoms with Crippen molar-refractivity contribution in [3.63, 3.8) is 0 Å². The highest BCUT2D eigenvalue weighted by Crippen LogP contribution is 2.07. The van der Waals surface area contributed by atoms with E-state index in [1.807, 2.05) is 0 Å². The maximum Gasteiger partial charge on any atom is 0.251 e. The molecular formula is C15H27Cl3N4O. The molecule has 1 aromatic carbocycles. The molecule has 1 aliphatic heterocycles. The predicted molar refractivity (Wildman–Crippen MR) is 103 cm³/mol. The van der Waals surface area contributed by atoms with E-state index in [0.29, 0.717) is 23.8 Å². The summed E-state index contributed by atoms with van der Waals surface area (Å²) in [5.41, 5.74) is 6.93. The summed E-state index contributed by atoms with van der Waals surface area (Å²) in [4.78, 5) is 16.8. The van der Waals surface area contributed by atoms with Crippen molar-refractivity contribution in [1.29, 1.82) is 0 Å². The number of halogens is 3. The number of carbonyl (C=O) groups is 1. The molecule has 0 saturated carbocycles. The van der Waals surface area contributed by atoms with Crippen molar-refractivity contribution in [3.8, 4) is 0 Å². The summed E-state index contributed by atoms with van der Waals surface area (Å²) in [7, 11) is 2.14. The number of amides is 1. The number of nitrogens with one attached hydrogen (secondary N) is 1. The molecule has 0 aromatic heterocycles. The minimum absolute atomic E-state index is 0. The van der Waals surface area contributed by atoms with Gasteiger partial charge in [0.2, 0.25) is 0 Å². The van der Waals surface area contributed by atoms with Gasteiger partial charge in [-0.3, -0.25) is 9.69 Å². The molecule has 3 N–H and O–H groups in total. The molecule has 1 amide bonds. The van der Waals surface area contributed by atoms with Gasteiger partial charge in [-0.25, -0.2) is 0 Å². The Morgan fingerprint density at radius 1 is 1.22 bits per heavy atom. The van der Waals surface area contributed by atoms with Crippen LogP contribution in [0.3, 0.4) is 0 Å². The molecule has 8 heteroatoms. The maximum atomic E-state index is 12.0. The van der Waals surface area contributed by atoms with Crippen molar-refractivity contribution < 1.29 is 4.79 Å². The van der Waals surface area contributed by atoms with Gasteiger partial charge in [0.15, 0.2) is 0 Å². The lowest BCUT2D eigenvalue weighted by Gasteiger charge is -2.36. The van der Waals surface area contributed by atoms with E-state index in [0.717, 1.165) is 26.2 Å². The average Bonchev–Trinajstić information content (AvgIpc) is 2.45. The number of piperazine rings is 1. The lowest BCUT2D eigenvalue weighted by atomic mass is 10.2. The van der Waals surface area contributed by atoms with Crippen molar-refractivity contribution in [2.24, 2.45) is 0 Å². The molecule has 0 spiro atoms. The van der Waals surface area contributed by atoms with Crippen LogP contribution in [0.1, 0.15) is 17.3 Å². The zero-order valence-corrected chi connectivity index (χ0v) is 16.0. The van der Waals surface area contributed by atoms with Crippen LogP contribution < -0.4 is 11.1 Å². The van der Waals surface area contributed by atoms with E-state index in [-0.39, 0.29) is 43.1 Å². The lowest BCUT2D eigenvalue weighted by molar-refractivity contribution is 0.0903. The summed E-state index contributed by atoms with van der Waals surface area (Å²) in [5, 5.41) is 2.98. The molecule has 0 bridgehead atoms. The molecule has 0 radical (unpaired) electrons. The van der Waals surface area contributed by atoms with Crippen LogP contribution in [0.5, 0.6) is 0 Å². The first kappa shape index (κ1) is 24.5. The first-order chi connectivity index (χ1) is 9.56. The van der Waals surface area contributed by atoms with E-state index < -0.39 is 0 Å². The molecule has 2 rings (SSSR count). The van der Waals surface area contributed by atoms with E-state index in [9.17, 15) is 4.79 Å². The van der Waals surface area contributed by atoms with Crippen molar-refractivity contribution in [1.82, 2.24) is 15.1 Å². The Bertz CT molecular complexity index is 468. The fourth-order valence-electron chi connectivity index (χ4n) is 2.41. The Labute approximate surface area is 157 Å². The maximum absolute atomic E-state index is 12.0. The number of likely N-dealkylation sites (N-methyl/N-ethyl adjacent to an activating group) is 1. The smallest absolute Gasteiger partial charge is 0.251 e. The van der Waals surface area contributed by atoms with Crippen LogP contribution in [0, 0.1) is 0 Å². The molecular weight excluding hydrogens is 359 g/mol. The minimum atomic E-state index is -0.0572. The fraction of sp³-hybridized carbons (Fsp3) is 0.533. The molecule has 1 unspecified atom stereocenters. The molecule has 5 nitrogen and oxygen atoms in total. The van der Waals surface area contributed by atoms with Gasteiger partial charge in [-0.2, -0.15) is 0 Å². The fourth-order valence-corrected chi connectivity index (χ4v) is 2.41. The van der Waals surface area contributed by atoms with E-state index in [1.54, 1.807) is 24.3 Å². The summed E-state index contributed by atoms with van der Waals surface area (Å²) in [5.74, 6) is -0.0572. The summed E-state index contributed by atoms with van der Waals surface area (Å²) in [6, 6.07) is 7.42. The van der Waals surface area contributed by atoms with Crippen molar-refractivity contribution in [2.75, 3.05) is 45.5 Å². The van der Waals surface area contributed by atoms with Crippen molar-refractivity contribution in [3.05, 3.63) is 29.8 Å². The number of anilines is 1. The average molecular weight is 386 g/mol. The monoisotopic (exact) mass is 384 g/mol. The van der Waals surface area contributed by atoms with Crippen LogP contribution in [0.25, 0.3) is 0 Å². The van der Waals surface area contributed by atoms with Gasteiger partial charge < -0.3 is 16.0 Å². The first-order valence-corrected chi connectivity index (χ1v) is 7.12. The second kappa shape index (κ2) is 11.8. The van der Waals surface area contributed by atoms with Crippen LogP contribution in [-0.2, 0) is 0 Å². The summed E-state index contributed by atoms with van der Waals surface area (Å²) in [6.07, 6.45) is 0. The van der Waals surface area contributed by atoms with Gasteiger partial charge in [0, 0.05) is 50.0 Å². The van der Waals surface area contributed by atoms with Crippen LogP contribution >= 0.6 is 37.2 Å². The number of carbonyl (C=O) groups excluding carboxylic acids is 1. The molecule has 1 aromatic rings. The largest absolute Gasteiger partial charge is 0.399 e. The van der Waals surface area contributed by atoms with Gasteiger partial charge in [-0.1, -0.05) is 6.07 Å². The normalized spacial score (nSPS) is 16.3. The Morgan fingerprint density at radius 2 is 1.83 bits per heavy atom. The third-order valence-electron chi connectivity index (χ3n) is 3.87. The number of rotatable bonds is 4. The van der Waals surface area contributed by atoms with Crippen molar-refractivity contribution in [2.45, 2.75) is 13.0 Å². The molecule has 134 valence electrons. The summed E-state index contributed by atoms with van der Waals surface area (Å²) >= 11 is 0. The summed E-state index contributed by atoms with van der Waals surface area (Å²) < 4.78 is 0. The minimum Gasteiger partial charge on any atom is -0.399 e. The zero-order valence-electron chi connectivity index (χ0n) is 13.5. The topological polar surface area (TPSA) is 61.6 Å². The van der Waals surface area contributed by atoms with Gasteiger partial charge in [-0.05, 0) is 32.2 Å². The number of hydrogen-bond donors (Lipinski definition) is 2. The SMILES string of the molecule is CC(CNC(=O)c1cccc(N)c1)N1CCN(C)CC1.Cl.Cl.Cl. The Morgan fingerprint density at radius 3 is 2.39 bits per heavy atom. The van der Waals surface area contributed by atoms with Crippen LogP contribution in [-0.4, -0.2) is 61.5 Å². The predicted octanol–water partition coefficient (Wildman–Crippen LogP) is 1.90. The lowest BCUT2D eigenvalue weighted by Crippen LogP contribution is -2.51. The molecule has 23 heavy (non-hydrogen) atoms. The number of nitrogen functional groups attached to an aromatic ring is 1. The Balaban J connectivity index is 0. The Kier molecular flexibility index (Phi) is 12.5. The van der Waals surface area contributed by atoms with Crippen LogP contribution in [0.4, 0.5) is 5.69 Å². The second-order valence-corrected chi connectivity index (χ2v) is 5.52. The standard InChI is InChI=1S/C15H24N4O.3ClH/c1-12(19-8-6-18(2)7-9-19)11-17-15(20)13-4-3-5-14(16)10-13;;;/h3-5,10,12H,6-9,11,16H2,1-2H3,(H,17,20);3*1H. The third kappa shape index (κ3) is 7.59. The molecule has 1 aliphatic rings. The van der Waals surface area contributed by atoms with Crippen molar-refractivity contribution >= 4 is 48.8 Å². The van der Waals surface area contributed by atoms with E-state index in [1.165, 1.54) is 0 Å². The highest BCUT2D eigenvalue weighted by atomic mass is 35.5.